The Morgan fingerprint density at radius 2 is 2.12 bits per heavy atom. The van der Waals surface area contributed by atoms with Crippen molar-refractivity contribution in [3.8, 4) is 0 Å². The summed E-state index contributed by atoms with van der Waals surface area (Å²) in [5.74, 6) is 0. The molecule has 0 aromatic heterocycles. The van der Waals surface area contributed by atoms with Crippen LogP contribution < -0.4 is 10.6 Å². The molecule has 0 aliphatic carbocycles. The third kappa shape index (κ3) is 3.55. The molecular weight excluding hydrogens is 204 g/mol. The topological polar surface area (TPSA) is 61.4 Å². The van der Waals surface area contributed by atoms with Gasteiger partial charge >= 0.3 is 6.03 Å². The van der Waals surface area contributed by atoms with E-state index in [-0.39, 0.29) is 18.7 Å². The zero-order valence-corrected chi connectivity index (χ0v) is 9.66. The van der Waals surface area contributed by atoms with E-state index in [9.17, 15) is 4.79 Å². The van der Waals surface area contributed by atoms with Gasteiger partial charge in [0.15, 0.2) is 0 Å². The number of para-hydroxylation sites is 1. The summed E-state index contributed by atoms with van der Waals surface area (Å²) in [5.41, 5.74) is 1.79. The average molecular weight is 222 g/mol. The van der Waals surface area contributed by atoms with Gasteiger partial charge in [0, 0.05) is 5.69 Å². The molecule has 0 fully saturated rings. The Morgan fingerprint density at radius 3 is 2.69 bits per heavy atom. The van der Waals surface area contributed by atoms with E-state index in [4.69, 9.17) is 5.11 Å². The van der Waals surface area contributed by atoms with Crippen molar-refractivity contribution in [3.05, 3.63) is 29.8 Å². The van der Waals surface area contributed by atoms with Crippen molar-refractivity contribution in [2.45, 2.75) is 26.3 Å². The Labute approximate surface area is 95.7 Å². The maximum absolute atomic E-state index is 11.6. The molecule has 0 bridgehead atoms. The Bertz CT molecular complexity index is 349. The van der Waals surface area contributed by atoms with Crippen LogP contribution in [-0.2, 0) is 0 Å². The summed E-state index contributed by atoms with van der Waals surface area (Å²) in [4.78, 5) is 11.6. The second kappa shape index (κ2) is 6.12. The number of hydrogen-bond acceptors (Lipinski definition) is 2. The quantitative estimate of drug-likeness (QED) is 0.728. The Hall–Kier alpha value is -1.55. The highest BCUT2D eigenvalue weighted by atomic mass is 16.3. The van der Waals surface area contributed by atoms with Crippen LogP contribution in [0.25, 0.3) is 0 Å². The predicted molar refractivity (Wildman–Crippen MR) is 64.5 cm³/mol. The second-order valence-corrected chi connectivity index (χ2v) is 3.70. The minimum Gasteiger partial charge on any atom is -0.394 e. The van der Waals surface area contributed by atoms with E-state index in [0.29, 0.717) is 6.42 Å². The van der Waals surface area contributed by atoms with Gasteiger partial charge in [-0.2, -0.15) is 0 Å². The number of anilines is 1. The highest BCUT2D eigenvalue weighted by Gasteiger charge is 2.09. The summed E-state index contributed by atoms with van der Waals surface area (Å²) >= 11 is 0. The number of aliphatic hydroxyl groups excluding tert-OH is 1. The van der Waals surface area contributed by atoms with Crippen LogP contribution in [0.5, 0.6) is 0 Å². The van der Waals surface area contributed by atoms with Crippen molar-refractivity contribution in [1.29, 1.82) is 0 Å². The van der Waals surface area contributed by atoms with Crippen LogP contribution in [0.15, 0.2) is 24.3 Å². The van der Waals surface area contributed by atoms with Gasteiger partial charge in [0.25, 0.3) is 0 Å². The molecule has 0 heterocycles. The fourth-order valence-corrected chi connectivity index (χ4v) is 1.33. The van der Waals surface area contributed by atoms with Crippen molar-refractivity contribution in [2.24, 2.45) is 0 Å². The highest BCUT2D eigenvalue weighted by Crippen LogP contribution is 2.12. The van der Waals surface area contributed by atoms with Crippen LogP contribution >= 0.6 is 0 Å². The number of amides is 2. The molecule has 2 amide bonds. The molecule has 0 spiro atoms. The van der Waals surface area contributed by atoms with E-state index in [1.807, 2.05) is 38.1 Å². The van der Waals surface area contributed by atoms with Gasteiger partial charge in [0.1, 0.15) is 0 Å². The molecular formula is C12H18N2O2. The maximum Gasteiger partial charge on any atom is 0.319 e. The number of urea groups is 1. The summed E-state index contributed by atoms with van der Waals surface area (Å²) in [5, 5.41) is 14.4. The van der Waals surface area contributed by atoms with Crippen LogP contribution in [0.2, 0.25) is 0 Å². The van der Waals surface area contributed by atoms with Gasteiger partial charge in [-0.05, 0) is 25.0 Å². The van der Waals surface area contributed by atoms with Crippen LogP contribution in [0.3, 0.4) is 0 Å². The molecule has 1 rings (SSSR count). The first kappa shape index (κ1) is 12.5. The molecule has 3 N–H and O–H groups in total. The number of carbonyl (C=O) groups is 1. The van der Waals surface area contributed by atoms with Crippen molar-refractivity contribution in [2.75, 3.05) is 11.9 Å². The standard InChI is InChI=1S/C12H18N2O2/c1-3-10(8-15)13-12(16)14-11-7-5-4-6-9(11)2/h4-7,10,15H,3,8H2,1-2H3,(H2,13,14,16). The first-order valence-corrected chi connectivity index (χ1v) is 5.41. The second-order valence-electron chi connectivity index (χ2n) is 3.70. The maximum atomic E-state index is 11.6. The molecule has 1 aromatic carbocycles. The van der Waals surface area contributed by atoms with E-state index in [1.54, 1.807) is 0 Å². The summed E-state index contributed by atoms with van der Waals surface area (Å²) in [6.45, 7) is 3.80. The van der Waals surface area contributed by atoms with Crippen LogP contribution in [0.4, 0.5) is 10.5 Å². The van der Waals surface area contributed by atoms with Crippen LogP contribution in [0.1, 0.15) is 18.9 Å². The molecule has 1 aromatic rings. The monoisotopic (exact) mass is 222 g/mol. The number of carbonyl (C=O) groups excluding carboxylic acids is 1. The molecule has 88 valence electrons. The zero-order valence-electron chi connectivity index (χ0n) is 9.66. The first-order valence-electron chi connectivity index (χ1n) is 5.41. The molecule has 0 saturated heterocycles. The predicted octanol–water partition coefficient (Wildman–Crippen LogP) is 1.89. The molecule has 0 saturated carbocycles. The smallest absolute Gasteiger partial charge is 0.319 e. The van der Waals surface area contributed by atoms with Crippen molar-refractivity contribution >= 4 is 11.7 Å². The lowest BCUT2D eigenvalue weighted by Crippen LogP contribution is -2.39. The summed E-state index contributed by atoms with van der Waals surface area (Å²) in [7, 11) is 0. The minimum absolute atomic E-state index is 0.0440. The van der Waals surface area contributed by atoms with Gasteiger partial charge < -0.3 is 15.7 Å². The van der Waals surface area contributed by atoms with Gasteiger partial charge in [-0.25, -0.2) is 4.79 Å². The molecule has 0 aliphatic rings. The number of benzene rings is 1. The van der Waals surface area contributed by atoms with E-state index >= 15 is 0 Å². The summed E-state index contributed by atoms with van der Waals surface area (Å²) < 4.78 is 0. The van der Waals surface area contributed by atoms with Crippen molar-refractivity contribution < 1.29 is 9.90 Å². The number of aliphatic hydroxyl groups is 1. The van der Waals surface area contributed by atoms with E-state index in [0.717, 1.165) is 11.3 Å². The third-order valence-corrected chi connectivity index (χ3v) is 2.44. The number of nitrogens with one attached hydrogen (secondary N) is 2. The van der Waals surface area contributed by atoms with Gasteiger partial charge in [-0.3, -0.25) is 0 Å². The molecule has 0 aliphatic heterocycles. The zero-order chi connectivity index (χ0) is 12.0. The normalized spacial score (nSPS) is 11.9. The number of hydrogen-bond donors (Lipinski definition) is 3. The van der Waals surface area contributed by atoms with Gasteiger partial charge in [0.2, 0.25) is 0 Å². The van der Waals surface area contributed by atoms with Crippen molar-refractivity contribution in [3.63, 3.8) is 0 Å². The Morgan fingerprint density at radius 1 is 1.44 bits per heavy atom. The van der Waals surface area contributed by atoms with Gasteiger partial charge in [-0.1, -0.05) is 25.1 Å². The SMILES string of the molecule is CCC(CO)NC(=O)Nc1ccccc1C. The molecule has 4 heteroatoms. The minimum atomic E-state index is -0.282. The Balaban J connectivity index is 2.55. The van der Waals surface area contributed by atoms with Gasteiger partial charge in [0.05, 0.1) is 12.6 Å². The molecule has 1 atom stereocenters. The van der Waals surface area contributed by atoms with E-state index in [2.05, 4.69) is 10.6 Å². The average Bonchev–Trinajstić information content (AvgIpc) is 2.29. The third-order valence-electron chi connectivity index (χ3n) is 2.44. The summed E-state index contributed by atoms with van der Waals surface area (Å²) in [6.07, 6.45) is 0.706. The summed E-state index contributed by atoms with van der Waals surface area (Å²) in [6, 6.07) is 7.08. The van der Waals surface area contributed by atoms with Gasteiger partial charge in [-0.15, -0.1) is 0 Å². The number of rotatable bonds is 4. The fourth-order valence-electron chi connectivity index (χ4n) is 1.33. The largest absolute Gasteiger partial charge is 0.394 e. The van der Waals surface area contributed by atoms with E-state index < -0.39 is 0 Å². The fraction of sp³-hybridized carbons (Fsp3) is 0.417. The lowest BCUT2D eigenvalue weighted by molar-refractivity contribution is 0.222. The molecule has 1 unspecified atom stereocenters. The highest BCUT2D eigenvalue weighted by molar-refractivity contribution is 5.90. The first-order chi connectivity index (χ1) is 7.67. The lowest BCUT2D eigenvalue weighted by Gasteiger charge is -2.15. The van der Waals surface area contributed by atoms with E-state index in [1.165, 1.54) is 0 Å². The van der Waals surface area contributed by atoms with Crippen molar-refractivity contribution in [1.82, 2.24) is 5.32 Å². The molecule has 4 nitrogen and oxygen atoms in total. The molecule has 16 heavy (non-hydrogen) atoms. The molecule has 0 radical (unpaired) electrons. The lowest BCUT2D eigenvalue weighted by atomic mass is 10.2. The van der Waals surface area contributed by atoms with Crippen LogP contribution in [-0.4, -0.2) is 23.8 Å². The van der Waals surface area contributed by atoms with Crippen LogP contribution in [0, 0.1) is 6.92 Å². The Kier molecular flexibility index (Phi) is 4.79. The number of aryl methyl sites for hydroxylation is 1.